The van der Waals surface area contributed by atoms with E-state index in [1.54, 1.807) is 32.4 Å². The zero-order chi connectivity index (χ0) is 19.5. The predicted octanol–water partition coefficient (Wildman–Crippen LogP) is 2.31. The number of methoxy groups -OCH3 is 2. The molecule has 1 aromatic heterocycles. The number of hydrogen-bond donors (Lipinski definition) is 0. The van der Waals surface area contributed by atoms with Crippen LogP contribution in [0.4, 0.5) is 0 Å². The van der Waals surface area contributed by atoms with Crippen LogP contribution in [0.25, 0.3) is 0 Å². The van der Waals surface area contributed by atoms with Crippen LogP contribution in [0.5, 0.6) is 11.5 Å². The first-order valence-corrected chi connectivity index (χ1v) is 9.67. The Morgan fingerprint density at radius 2 is 2.07 bits per heavy atom. The van der Waals surface area contributed by atoms with Crippen LogP contribution >= 0.6 is 0 Å². The molecule has 8 heteroatoms. The van der Waals surface area contributed by atoms with Gasteiger partial charge in [0, 0.05) is 25.8 Å². The third-order valence-electron chi connectivity index (χ3n) is 5.32. The molecule has 150 valence electrons. The van der Waals surface area contributed by atoms with Gasteiger partial charge in [-0.05, 0) is 37.3 Å². The average molecular weight is 386 g/mol. The van der Waals surface area contributed by atoms with Gasteiger partial charge in [0.1, 0.15) is 17.2 Å². The number of nitrogens with zero attached hydrogens (tertiary/aromatic N) is 4. The van der Waals surface area contributed by atoms with Crippen molar-refractivity contribution in [3.05, 3.63) is 35.7 Å². The minimum atomic E-state index is -0.0462. The number of rotatable bonds is 8. The minimum Gasteiger partial charge on any atom is -0.497 e. The highest BCUT2D eigenvalue weighted by molar-refractivity contribution is 5.97. The van der Waals surface area contributed by atoms with Crippen LogP contribution < -0.4 is 9.47 Å². The van der Waals surface area contributed by atoms with Crippen molar-refractivity contribution in [3.8, 4) is 11.5 Å². The van der Waals surface area contributed by atoms with Crippen molar-refractivity contribution in [2.75, 3.05) is 33.9 Å². The number of carbonyl (C=O) groups excluding carboxylic acids is 1. The summed E-state index contributed by atoms with van der Waals surface area (Å²) in [6.07, 6.45) is 5.32. The van der Waals surface area contributed by atoms with Gasteiger partial charge in [-0.25, -0.2) is 4.68 Å². The molecule has 0 bridgehead atoms. The quantitative estimate of drug-likeness (QED) is 0.693. The van der Waals surface area contributed by atoms with Crippen molar-refractivity contribution in [3.63, 3.8) is 0 Å². The fraction of sp³-hybridized carbons (Fsp3) is 0.550. The lowest BCUT2D eigenvalue weighted by Crippen LogP contribution is -2.29. The van der Waals surface area contributed by atoms with Crippen LogP contribution in [0.1, 0.15) is 41.4 Å². The Balaban J connectivity index is 1.37. The Kier molecular flexibility index (Phi) is 5.47. The third-order valence-corrected chi connectivity index (χ3v) is 5.32. The van der Waals surface area contributed by atoms with E-state index in [0.717, 1.165) is 24.6 Å². The molecule has 1 unspecified atom stereocenters. The molecule has 0 spiro atoms. The summed E-state index contributed by atoms with van der Waals surface area (Å²) in [5, 5.41) is 8.45. The zero-order valence-corrected chi connectivity index (χ0v) is 16.3. The van der Waals surface area contributed by atoms with Gasteiger partial charge in [0.2, 0.25) is 0 Å². The largest absolute Gasteiger partial charge is 0.497 e. The normalized spacial score (nSPS) is 19.1. The molecule has 1 aromatic carbocycles. The van der Waals surface area contributed by atoms with Gasteiger partial charge in [-0.15, -0.1) is 5.10 Å². The van der Waals surface area contributed by atoms with E-state index in [1.807, 2.05) is 15.8 Å². The van der Waals surface area contributed by atoms with E-state index in [-0.39, 0.29) is 11.9 Å². The molecular weight excluding hydrogens is 360 g/mol. The van der Waals surface area contributed by atoms with Crippen LogP contribution in [0.2, 0.25) is 0 Å². The number of likely N-dealkylation sites (tertiary alicyclic amines) is 1. The minimum absolute atomic E-state index is 0.0462. The Hall–Kier alpha value is -2.61. The molecule has 2 aliphatic rings. The van der Waals surface area contributed by atoms with E-state index in [4.69, 9.17) is 14.2 Å². The summed E-state index contributed by atoms with van der Waals surface area (Å²) in [5.41, 5.74) is 1.37. The van der Waals surface area contributed by atoms with Crippen molar-refractivity contribution in [1.29, 1.82) is 0 Å². The Morgan fingerprint density at radius 3 is 2.82 bits per heavy atom. The maximum atomic E-state index is 13.0. The fourth-order valence-corrected chi connectivity index (χ4v) is 3.46. The second-order valence-corrected chi connectivity index (χ2v) is 7.41. The van der Waals surface area contributed by atoms with Crippen molar-refractivity contribution in [2.24, 2.45) is 5.92 Å². The Labute approximate surface area is 164 Å². The van der Waals surface area contributed by atoms with Gasteiger partial charge in [-0.3, -0.25) is 4.79 Å². The van der Waals surface area contributed by atoms with E-state index < -0.39 is 0 Å². The van der Waals surface area contributed by atoms with Crippen molar-refractivity contribution >= 4 is 5.91 Å². The molecule has 2 heterocycles. The van der Waals surface area contributed by atoms with Crippen molar-refractivity contribution in [1.82, 2.24) is 19.9 Å². The molecule has 0 radical (unpaired) electrons. The third kappa shape index (κ3) is 4.11. The number of ether oxygens (including phenoxy) is 3. The molecule has 0 N–H and O–H groups in total. The van der Waals surface area contributed by atoms with E-state index in [9.17, 15) is 4.79 Å². The van der Waals surface area contributed by atoms with Crippen LogP contribution in [0, 0.1) is 5.92 Å². The molecule has 1 atom stereocenters. The standard InChI is InChI=1S/C20H26N4O4/c1-26-17-5-6-18(19(9-17)27-2)20(25)23-8-7-16(11-23)24-10-15(21-22-24)13-28-12-14-3-4-14/h5-6,9-10,14,16H,3-4,7-8,11-13H2,1-2H3. The van der Waals surface area contributed by atoms with Gasteiger partial charge in [0.25, 0.3) is 5.91 Å². The number of carbonyl (C=O) groups is 1. The summed E-state index contributed by atoms with van der Waals surface area (Å²) in [4.78, 5) is 14.8. The summed E-state index contributed by atoms with van der Waals surface area (Å²) in [6, 6.07) is 5.37. The lowest BCUT2D eigenvalue weighted by molar-refractivity contribution is 0.0783. The van der Waals surface area contributed by atoms with E-state index in [2.05, 4.69) is 10.3 Å². The van der Waals surface area contributed by atoms with Gasteiger partial charge < -0.3 is 19.1 Å². The predicted molar refractivity (Wildman–Crippen MR) is 102 cm³/mol. The zero-order valence-electron chi connectivity index (χ0n) is 16.3. The highest BCUT2D eigenvalue weighted by atomic mass is 16.5. The summed E-state index contributed by atoms with van der Waals surface area (Å²) in [7, 11) is 3.14. The number of aromatic nitrogens is 3. The molecular formula is C20H26N4O4. The molecule has 1 aliphatic heterocycles. The van der Waals surface area contributed by atoms with Crippen LogP contribution in [-0.4, -0.2) is 59.7 Å². The topological polar surface area (TPSA) is 78.7 Å². The van der Waals surface area contributed by atoms with Gasteiger partial charge in [0.05, 0.1) is 38.6 Å². The molecule has 1 aliphatic carbocycles. The molecule has 1 saturated carbocycles. The van der Waals surface area contributed by atoms with Crippen LogP contribution in [0.3, 0.4) is 0 Å². The first-order chi connectivity index (χ1) is 13.7. The molecule has 2 fully saturated rings. The SMILES string of the molecule is COc1ccc(C(=O)N2CCC(n3cc(COCC4CC4)nn3)C2)c(OC)c1. The van der Waals surface area contributed by atoms with Crippen molar-refractivity contribution in [2.45, 2.75) is 31.9 Å². The maximum Gasteiger partial charge on any atom is 0.257 e. The van der Waals surface area contributed by atoms with Gasteiger partial charge >= 0.3 is 0 Å². The first-order valence-electron chi connectivity index (χ1n) is 9.67. The lowest BCUT2D eigenvalue weighted by atomic mass is 10.1. The van der Waals surface area contributed by atoms with Gasteiger partial charge in [-0.2, -0.15) is 0 Å². The lowest BCUT2D eigenvalue weighted by Gasteiger charge is -2.18. The second-order valence-electron chi connectivity index (χ2n) is 7.41. The van der Waals surface area contributed by atoms with E-state index >= 15 is 0 Å². The van der Waals surface area contributed by atoms with Gasteiger partial charge in [0.15, 0.2) is 0 Å². The average Bonchev–Trinajstić information content (AvgIpc) is 3.21. The smallest absolute Gasteiger partial charge is 0.257 e. The fourth-order valence-electron chi connectivity index (χ4n) is 3.46. The number of hydrogen-bond acceptors (Lipinski definition) is 6. The summed E-state index contributed by atoms with van der Waals surface area (Å²) in [5.74, 6) is 1.87. The highest BCUT2D eigenvalue weighted by Gasteiger charge is 2.30. The van der Waals surface area contributed by atoms with Crippen LogP contribution in [-0.2, 0) is 11.3 Å². The molecule has 4 rings (SSSR count). The first kappa shape index (κ1) is 18.7. The molecule has 28 heavy (non-hydrogen) atoms. The van der Waals surface area contributed by atoms with E-state index in [1.165, 1.54) is 12.8 Å². The molecule has 2 aromatic rings. The van der Waals surface area contributed by atoms with E-state index in [0.29, 0.717) is 36.8 Å². The summed E-state index contributed by atoms with van der Waals surface area (Å²) in [6.45, 7) is 2.57. The maximum absolute atomic E-state index is 13.0. The number of benzene rings is 1. The molecule has 1 amide bonds. The Bertz CT molecular complexity index is 833. The molecule has 8 nitrogen and oxygen atoms in total. The summed E-state index contributed by atoms with van der Waals surface area (Å²) >= 11 is 0. The van der Waals surface area contributed by atoms with Gasteiger partial charge in [-0.1, -0.05) is 5.21 Å². The second kappa shape index (κ2) is 8.18. The summed E-state index contributed by atoms with van der Waals surface area (Å²) < 4.78 is 18.1. The molecule has 1 saturated heterocycles. The Morgan fingerprint density at radius 1 is 1.21 bits per heavy atom. The van der Waals surface area contributed by atoms with Crippen LogP contribution in [0.15, 0.2) is 24.4 Å². The number of amides is 1. The van der Waals surface area contributed by atoms with Crippen molar-refractivity contribution < 1.29 is 19.0 Å². The highest BCUT2D eigenvalue weighted by Crippen LogP contribution is 2.30. The monoisotopic (exact) mass is 386 g/mol.